The molecule has 0 saturated carbocycles. The van der Waals surface area contributed by atoms with Gasteiger partial charge in [-0.15, -0.1) is 11.6 Å². The Morgan fingerprint density at radius 3 is 2.79 bits per heavy atom. The quantitative estimate of drug-likeness (QED) is 0.766. The number of halogens is 1. The van der Waals surface area contributed by atoms with E-state index < -0.39 is 0 Å². The highest BCUT2D eigenvalue weighted by Gasteiger charge is 2.04. The number of carbonyl (C=O) groups is 1. The summed E-state index contributed by atoms with van der Waals surface area (Å²) in [4.78, 5) is 18.9. The minimum absolute atomic E-state index is 0.0716. The molecule has 4 nitrogen and oxygen atoms in total. The molecule has 0 aliphatic rings. The maximum absolute atomic E-state index is 11.4. The number of aromatic nitrogens is 2. The van der Waals surface area contributed by atoms with E-state index in [1.807, 2.05) is 6.92 Å². The van der Waals surface area contributed by atoms with Crippen molar-refractivity contribution in [2.24, 2.45) is 0 Å². The van der Waals surface area contributed by atoms with Crippen molar-refractivity contribution in [2.75, 3.05) is 6.54 Å². The van der Waals surface area contributed by atoms with Gasteiger partial charge in [-0.1, -0.05) is 0 Å². The van der Waals surface area contributed by atoms with Crippen LogP contribution >= 0.6 is 11.6 Å². The Hall–Kier alpha value is -1.16. The van der Waals surface area contributed by atoms with E-state index >= 15 is 0 Å². The van der Waals surface area contributed by atoms with Crippen LogP contribution in [0.2, 0.25) is 0 Å². The van der Waals surface area contributed by atoms with E-state index in [9.17, 15) is 4.79 Å². The van der Waals surface area contributed by atoms with Crippen LogP contribution < -0.4 is 5.32 Å². The summed E-state index contributed by atoms with van der Waals surface area (Å²) in [6.07, 6.45) is 5.09. The van der Waals surface area contributed by atoms with Gasteiger partial charge in [0.25, 0.3) is 5.91 Å². The summed E-state index contributed by atoms with van der Waals surface area (Å²) < 4.78 is 0. The summed E-state index contributed by atoms with van der Waals surface area (Å²) in [7, 11) is 0. The SMILES string of the molecule is CC(Cl)CCNC(=O)c1cncnc1. The van der Waals surface area contributed by atoms with E-state index in [-0.39, 0.29) is 11.3 Å². The molecule has 0 bridgehead atoms. The third-order valence-corrected chi connectivity index (χ3v) is 1.87. The third-order valence-electron chi connectivity index (χ3n) is 1.65. The minimum atomic E-state index is -0.164. The molecule has 5 heteroatoms. The van der Waals surface area contributed by atoms with Crippen LogP contribution in [0.15, 0.2) is 18.7 Å². The van der Waals surface area contributed by atoms with Gasteiger partial charge in [-0.05, 0) is 13.3 Å². The molecule has 76 valence electrons. The van der Waals surface area contributed by atoms with Crippen molar-refractivity contribution < 1.29 is 4.79 Å². The predicted octanol–water partition coefficient (Wildman–Crippen LogP) is 1.22. The largest absolute Gasteiger partial charge is 0.352 e. The Bertz CT molecular complexity index is 289. The highest BCUT2D eigenvalue weighted by Crippen LogP contribution is 1.98. The van der Waals surface area contributed by atoms with Crippen LogP contribution in [0.5, 0.6) is 0 Å². The van der Waals surface area contributed by atoms with Gasteiger partial charge in [-0.3, -0.25) is 4.79 Å². The van der Waals surface area contributed by atoms with Crippen molar-refractivity contribution in [1.29, 1.82) is 0 Å². The molecule has 1 rings (SSSR count). The van der Waals surface area contributed by atoms with Gasteiger partial charge in [0.15, 0.2) is 0 Å². The maximum atomic E-state index is 11.4. The summed E-state index contributed by atoms with van der Waals surface area (Å²) in [6, 6.07) is 0. The van der Waals surface area contributed by atoms with Gasteiger partial charge in [0.1, 0.15) is 6.33 Å². The van der Waals surface area contributed by atoms with E-state index in [0.717, 1.165) is 6.42 Å². The molecule has 1 heterocycles. The zero-order valence-electron chi connectivity index (χ0n) is 7.90. The lowest BCUT2D eigenvalue weighted by molar-refractivity contribution is 0.0952. The first-order valence-corrected chi connectivity index (χ1v) is 4.81. The van der Waals surface area contributed by atoms with Crippen LogP contribution in [0.3, 0.4) is 0 Å². The van der Waals surface area contributed by atoms with Gasteiger partial charge >= 0.3 is 0 Å². The van der Waals surface area contributed by atoms with Crippen molar-refractivity contribution >= 4 is 17.5 Å². The maximum Gasteiger partial charge on any atom is 0.254 e. The average molecular weight is 214 g/mol. The molecule has 1 amide bonds. The number of amides is 1. The van der Waals surface area contributed by atoms with Gasteiger partial charge in [-0.25, -0.2) is 9.97 Å². The number of nitrogens with zero attached hydrogens (tertiary/aromatic N) is 2. The van der Waals surface area contributed by atoms with Crippen molar-refractivity contribution in [1.82, 2.24) is 15.3 Å². The van der Waals surface area contributed by atoms with E-state index in [2.05, 4.69) is 15.3 Å². The van der Waals surface area contributed by atoms with Crippen LogP contribution in [-0.4, -0.2) is 27.8 Å². The zero-order valence-corrected chi connectivity index (χ0v) is 8.66. The number of alkyl halides is 1. The van der Waals surface area contributed by atoms with Crippen molar-refractivity contribution in [3.8, 4) is 0 Å². The molecular formula is C9H12ClN3O. The van der Waals surface area contributed by atoms with E-state index in [4.69, 9.17) is 11.6 Å². The number of hydrogen-bond donors (Lipinski definition) is 1. The second-order valence-electron chi connectivity index (χ2n) is 2.95. The second-order valence-corrected chi connectivity index (χ2v) is 3.70. The Morgan fingerprint density at radius 1 is 1.57 bits per heavy atom. The number of carbonyl (C=O) groups excluding carboxylic acids is 1. The van der Waals surface area contributed by atoms with Gasteiger partial charge < -0.3 is 5.32 Å². The molecule has 1 unspecified atom stereocenters. The first kappa shape index (κ1) is 10.9. The lowest BCUT2D eigenvalue weighted by atomic mass is 10.3. The molecular weight excluding hydrogens is 202 g/mol. The molecule has 0 aromatic carbocycles. The molecule has 0 fully saturated rings. The standard InChI is InChI=1S/C9H12ClN3O/c1-7(10)2-3-13-9(14)8-4-11-6-12-5-8/h4-7H,2-3H2,1H3,(H,13,14). The molecule has 0 aliphatic heterocycles. The molecule has 0 saturated heterocycles. The van der Waals surface area contributed by atoms with Crippen molar-refractivity contribution in [3.05, 3.63) is 24.3 Å². The first-order valence-electron chi connectivity index (χ1n) is 4.37. The lowest BCUT2D eigenvalue weighted by Crippen LogP contribution is -2.25. The van der Waals surface area contributed by atoms with E-state index in [1.54, 1.807) is 0 Å². The Balaban J connectivity index is 2.36. The monoisotopic (exact) mass is 213 g/mol. The number of nitrogens with one attached hydrogen (secondary N) is 1. The van der Waals surface area contributed by atoms with E-state index in [0.29, 0.717) is 12.1 Å². The Labute approximate surface area is 87.7 Å². The van der Waals surface area contributed by atoms with Crippen LogP contribution in [0.25, 0.3) is 0 Å². The fourth-order valence-electron chi connectivity index (χ4n) is 0.903. The normalized spacial score (nSPS) is 12.1. The molecule has 0 spiro atoms. The summed E-state index contributed by atoms with van der Waals surface area (Å²) in [5.74, 6) is -0.164. The summed E-state index contributed by atoms with van der Waals surface area (Å²) in [5.41, 5.74) is 0.467. The van der Waals surface area contributed by atoms with Crippen LogP contribution in [0.1, 0.15) is 23.7 Å². The molecule has 14 heavy (non-hydrogen) atoms. The van der Waals surface area contributed by atoms with Crippen LogP contribution in [-0.2, 0) is 0 Å². The predicted molar refractivity (Wildman–Crippen MR) is 54.3 cm³/mol. The molecule has 1 atom stereocenters. The van der Waals surface area contributed by atoms with Gasteiger partial charge in [0.05, 0.1) is 5.56 Å². The van der Waals surface area contributed by atoms with Crippen molar-refractivity contribution in [3.63, 3.8) is 0 Å². The average Bonchev–Trinajstić information content (AvgIpc) is 2.18. The van der Waals surface area contributed by atoms with Gasteiger partial charge in [0, 0.05) is 24.3 Å². The fourth-order valence-corrected chi connectivity index (χ4v) is 1.01. The zero-order chi connectivity index (χ0) is 10.4. The highest BCUT2D eigenvalue weighted by atomic mass is 35.5. The third kappa shape index (κ3) is 3.70. The molecule has 0 aliphatic carbocycles. The lowest BCUT2D eigenvalue weighted by Gasteiger charge is -2.05. The highest BCUT2D eigenvalue weighted by molar-refractivity contribution is 6.20. The summed E-state index contributed by atoms with van der Waals surface area (Å²) in [6.45, 7) is 2.46. The molecule has 0 radical (unpaired) electrons. The topological polar surface area (TPSA) is 54.9 Å². The molecule has 1 N–H and O–H groups in total. The summed E-state index contributed by atoms with van der Waals surface area (Å²) >= 11 is 5.73. The van der Waals surface area contributed by atoms with Crippen molar-refractivity contribution in [2.45, 2.75) is 18.7 Å². The van der Waals surface area contributed by atoms with Gasteiger partial charge in [-0.2, -0.15) is 0 Å². The van der Waals surface area contributed by atoms with Crippen LogP contribution in [0, 0.1) is 0 Å². The smallest absolute Gasteiger partial charge is 0.254 e. The Morgan fingerprint density at radius 2 is 2.21 bits per heavy atom. The molecule has 1 aromatic heterocycles. The minimum Gasteiger partial charge on any atom is -0.352 e. The van der Waals surface area contributed by atoms with E-state index in [1.165, 1.54) is 18.7 Å². The summed E-state index contributed by atoms with van der Waals surface area (Å²) in [5, 5.41) is 2.80. The molecule has 1 aromatic rings. The first-order chi connectivity index (χ1) is 6.70. The number of rotatable bonds is 4. The van der Waals surface area contributed by atoms with Crippen LogP contribution in [0.4, 0.5) is 0 Å². The van der Waals surface area contributed by atoms with Gasteiger partial charge in [0.2, 0.25) is 0 Å². The Kier molecular flexibility index (Phi) is 4.32. The fraction of sp³-hybridized carbons (Fsp3) is 0.444. The number of hydrogen-bond acceptors (Lipinski definition) is 3. The second kappa shape index (κ2) is 5.54.